The molecule has 0 aromatic rings. The molecule has 4 nitrogen and oxygen atoms in total. The van der Waals surface area contributed by atoms with Gasteiger partial charge < -0.3 is 5.32 Å². The summed E-state index contributed by atoms with van der Waals surface area (Å²) in [7, 11) is 0. The van der Waals surface area contributed by atoms with Crippen LogP contribution in [0.15, 0.2) is 0 Å². The van der Waals surface area contributed by atoms with E-state index < -0.39 is 0 Å². The van der Waals surface area contributed by atoms with E-state index in [0.29, 0.717) is 13.0 Å². The Bertz CT molecular complexity index is 224. The Hall–Kier alpha value is -1.06. The predicted octanol–water partition coefficient (Wildman–Crippen LogP) is 1.02. The Labute approximate surface area is 78.1 Å². The molecule has 0 atom stereocenters. The lowest BCUT2D eigenvalue weighted by Gasteiger charge is -2.22. The maximum absolute atomic E-state index is 11.1. The second kappa shape index (κ2) is 3.77. The van der Waals surface area contributed by atoms with Gasteiger partial charge in [0.15, 0.2) is 0 Å². The fourth-order valence-corrected chi connectivity index (χ4v) is 1.32. The van der Waals surface area contributed by atoms with Gasteiger partial charge in [-0.1, -0.05) is 13.8 Å². The Balaban J connectivity index is 2.58. The highest BCUT2D eigenvalue weighted by molar-refractivity contribution is 5.94. The number of hydrogen-bond donors (Lipinski definition) is 2. The van der Waals surface area contributed by atoms with Crippen molar-refractivity contribution in [3.63, 3.8) is 0 Å². The van der Waals surface area contributed by atoms with E-state index in [0.717, 1.165) is 12.8 Å². The molecule has 0 aromatic heterocycles. The third-order valence-corrected chi connectivity index (χ3v) is 2.37. The highest BCUT2D eigenvalue weighted by atomic mass is 16.2. The van der Waals surface area contributed by atoms with Crippen molar-refractivity contribution < 1.29 is 9.59 Å². The van der Waals surface area contributed by atoms with E-state index in [4.69, 9.17) is 0 Å². The fourth-order valence-electron chi connectivity index (χ4n) is 1.32. The first-order valence-electron chi connectivity index (χ1n) is 4.57. The van der Waals surface area contributed by atoms with Crippen molar-refractivity contribution in [2.75, 3.05) is 6.54 Å². The second-order valence-electron chi connectivity index (χ2n) is 4.22. The number of urea groups is 1. The molecular formula is C9H16N2O2. The Kier molecular flexibility index (Phi) is 2.90. The van der Waals surface area contributed by atoms with Crippen LogP contribution >= 0.6 is 0 Å². The molecule has 1 aliphatic heterocycles. The van der Waals surface area contributed by atoms with E-state index in [1.807, 2.05) is 0 Å². The highest BCUT2D eigenvalue weighted by Crippen LogP contribution is 2.26. The zero-order valence-corrected chi connectivity index (χ0v) is 8.14. The van der Waals surface area contributed by atoms with Crippen LogP contribution in [0.4, 0.5) is 4.79 Å². The van der Waals surface area contributed by atoms with Gasteiger partial charge in [0.05, 0.1) is 0 Å². The van der Waals surface area contributed by atoms with E-state index in [-0.39, 0.29) is 17.4 Å². The first-order valence-corrected chi connectivity index (χ1v) is 4.57. The van der Waals surface area contributed by atoms with Crippen LogP contribution in [-0.4, -0.2) is 18.5 Å². The van der Waals surface area contributed by atoms with Crippen LogP contribution in [0.3, 0.4) is 0 Å². The lowest BCUT2D eigenvalue weighted by molar-refractivity contribution is -0.120. The molecule has 0 aliphatic carbocycles. The van der Waals surface area contributed by atoms with Gasteiger partial charge in [0.25, 0.3) is 0 Å². The minimum absolute atomic E-state index is 0.134. The van der Waals surface area contributed by atoms with Gasteiger partial charge in [-0.25, -0.2) is 4.79 Å². The van der Waals surface area contributed by atoms with Crippen LogP contribution < -0.4 is 10.6 Å². The topological polar surface area (TPSA) is 58.2 Å². The van der Waals surface area contributed by atoms with Crippen LogP contribution in [-0.2, 0) is 4.79 Å². The molecule has 1 saturated heterocycles. The zero-order chi connectivity index (χ0) is 9.90. The third-order valence-electron chi connectivity index (χ3n) is 2.37. The van der Waals surface area contributed by atoms with Crippen molar-refractivity contribution in [2.24, 2.45) is 5.41 Å². The molecule has 0 saturated carbocycles. The van der Waals surface area contributed by atoms with Gasteiger partial charge in [0.2, 0.25) is 5.91 Å². The maximum Gasteiger partial charge on any atom is 0.321 e. The standard InChI is InChI=1S/C9H16N2O2/c1-9(2)4-3-7(12)11-8(13)10-6-5-9/h3-6H2,1-2H3,(H2,10,11,12,13). The fraction of sp³-hybridized carbons (Fsp3) is 0.778. The van der Waals surface area contributed by atoms with Crippen molar-refractivity contribution in [3.8, 4) is 0 Å². The summed E-state index contributed by atoms with van der Waals surface area (Å²) >= 11 is 0. The minimum Gasteiger partial charge on any atom is -0.338 e. The SMILES string of the molecule is CC1(C)CCNC(=O)NC(=O)CC1. The summed E-state index contributed by atoms with van der Waals surface area (Å²) in [6, 6.07) is -0.372. The quantitative estimate of drug-likeness (QED) is 0.590. The summed E-state index contributed by atoms with van der Waals surface area (Å²) in [6.07, 6.45) is 2.17. The van der Waals surface area contributed by atoms with Gasteiger partial charge in [0, 0.05) is 13.0 Å². The summed E-state index contributed by atoms with van der Waals surface area (Å²) in [6.45, 7) is 4.85. The maximum atomic E-state index is 11.1. The summed E-state index contributed by atoms with van der Waals surface area (Å²) in [5.41, 5.74) is 0.134. The lowest BCUT2D eigenvalue weighted by atomic mass is 9.84. The lowest BCUT2D eigenvalue weighted by Crippen LogP contribution is -2.38. The number of carbonyl (C=O) groups excluding carboxylic acids is 2. The van der Waals surface area contributed by atoms with Gasteiger partial charge in [-0.05, 0) is 18.3 Å². The molecule has 1 rings (SSSR count). The molecule has 3 amide bonds. The second-order valence-corrected chi connectivity index (χ2v) is 4.22. The van der Waals surface area contributed by atoms with Gasteiger partial charge in [0.1, 0.15) is 0 Å². The number of amides is 3. The molecule has 0 bridgehead atoms. The Morgan fingerprint density at radius 3 is 2.62 bits per heavy atom. The Morgan fingerprint density at radius 1 is 1.23 bits per heavy atom. The molecule has 13 heavy (non-hydrogen) atoms. The van der Waals surface area contributed by atoms with E-state index in [1.54, 1.807) is 0 Å². The first kappa shape index (κ1) is 10.0. The zero-order valence-electron chi connectivity index (χ0n) is 8.14. The molecule has 74 valence electrons. The summed E-state index contributed by atoms with van der Waals surface area (Å²) in [5.74, 6) is -0.188. The van der Waals surface area contributed by atoms with Crippen molar-refractivity contribution in [2.45, 2.75) is 33.1 Å². The number of nitrogens with one attached hydrogen (secondary N) is 2. The Morgan fingerprint density at radius 2 is 1.92 bits per heavy atom. The molecule has 1 fully saturated rings. The van der Waals surface area contributed by atoms with Gasteiger partial charge >= 0.3 is 6.03 Å². The van der Waals surface area contributed by atoms with Crippen LogP contribution in [0.25, 0.3) is 0 Å². The monoisotopic (exact) mass is 184 g/mol. The molecule has 0 aromatic carbocycles. The number of hydrogen-bond acceptors (Lipinski definition) is 2. The largest absolute Gasteiger partial charge is 0.338 e. The van der Waals surface area contributed by atoms with Gasteiger partial charge in [-0.3, -0.25) is 10.1 Å². The molecule has 0 unspecified atom stereocenters. The van der Waals surface area contributed by atoms with Crippen molar-refractivity contribution in [1.29, 1.82) is 0 Å². The molecule has 1 aliphatic rings. The van der Waals surface area contributed by atoms with Crippen molar-refractivity contribution in [1.82, 2.24) is 10.6 Å². The highest BCUT2D eigenvalue weighted by Gasteiger charge is 2.21. The van der Waals surface area contributed by atoms with E-state index in [2.05, 4.69) is 24.5 Å². The normalized spacial score (nSPS) is 23.5. The molecule has 1 heterocycles. The van der Waals surface area contributed by atoms with E-state index in [1.165, 1.54) is 0 Å². The number of rotatable bonds is 0. The van der Waals surface area contributed by atoms with Crippen molar-refractivity contribution in [3.05, 3.63) is 0 Å². The third kappa shape index (κ3) is 3.44. The van der Waals surface area contributed by atoms with E-state index in [9.17, 15) is 9.59 Å². The van der Waals surface area contributed by atoms with Crippen LogP contribution in [0.5, 0.6) is 0 Å². The van der Waals surface area contributed by atoms with Crippen LogP contribution in [0.2, 0.25) is 0 Å². The van der Waals surface area contributed by atoms with Gasteiger partial charge in [-0.15, -0.1) is 0 Å². The van der Waals surface area contributed by atoms with Crippen molar-refractivity contribution >= 4 is 11.9 Å². The predicted molar refractivity (Wildman–Crippen MR) is 49.2 cm³/mol. The average molecular weight is 184 g/mol. The molecular weight excluding hydrogens is 168 g/mol. The summed E-state index contributed by atoms with van der Waals surface area (Å²) in [5, 5.41) is 4.91. The summed E-state index contributed by atoms with van der Waals surface area (Å²) < 4.78 is 0. The first-order chi connectivity index (χ1) is 5.99. The smallest absolute Gasteiger partial charge is 0.321 e. The molecule has 4 heteroatoms. The van der Waals surface area contributed by atoms with Crippen LogP contribution in [0, 0.1) is 5.41 Å². The number of imide groups is 1. The number of carbonyl (C=O) groups is 2. The minimum atomic E-state index is -0.372. The van der Waals surface area contributed by atoms with Gasteiger partial charge in [-0.2, -0.15) is 0 Å². The average Bonchev–Trinajstić information content (AvgIpc) is 2.04. The summed E-state index contributed by atoms with van der Waals surface area (Å²) in [4.78, 5) is 22.1. The molecule has 0 radical (unpaired) electrons. The van der Waals surface area contributed by atoms with Crippen LogP contribution in [0.1, 0.15) is 33.1 Å². The molecule has 0 spiro atoms. The van der Waals surface area contributed by atoms with E-state index >= 15 is 0 Å². The molecule has 2 N–H and O–H groups in total.